The Morgan fingerprint density at radius 3 is 2.37 bits per heavy atom. The molecular formula is C36H54O4S. The first-order valence-corrected chi connectivity index (χ1v) is 17.3. The largest absolute Gasteiger partial charge is 0.469 e. The highest BCUT2D eigenvalue weighted by Gasteiger charge is 2.71. The van der Waals surface area contributed by atoms with Gasteiger partial charge in [-0.3, -0.25) is 14.4 Å². The number of ether oxygens (including phenoxy) is 1. The van der Waals surface area contributed by atoms with Crippen molar-refractivity contribution in [2.75, 3.05) is 12.9 Å². The minimum Gasteiger partial charge on any atom is -0.469 e. The third-order valence-corrected chi connectivity index (χ3v) is 14.4. The van der Waals surface area contributed by atoms with Gasteiger partial charge in [0.15, 0.2) is 11.6 Å². The van der Waals surface area contributed by atoms with Gasteiger partial charge in [0.1, 0.15) is 0 Å². The summed E-state index contributed by atoms with van der Waals surface area (Å²) in [6.45, 7) is 18.3. The van der Waals surface area contributed by atoms with Crippen LogP contribution >= 0.6 is 11.8 Å². The molecule has 4 nitrogen and oxygen atoms in total. The van der Waals surface area contributed by atoms with E-state index in [0.717, 1.165) is 75.5 Å². The monoisotopic (exact) mass is 582 g/mol. The normalized spacial score (nSPS) is 43.8. The molecule has 5 aliphatic rings. The standard InChI is InChI=1S/C36H54O4S/c1-10-11-18-41-22-23-20-33(6)26(32(4,5)29(23)38)12-13-34(7)27(33)19-25(37)28-24-21-31(2,3)14-16-36(24,30(39)40-9)17-15-35(28,34)8/h19,22,24,26,28H,10-18,20-21H2,1-9H3/t24-,26-,28-,33-,34+,35+,36-/m0/s1. The maximum atomic E-state index is 14.6. The van der Waals surface area contributed by atoms with Crippen molar-refractivity contribution in [1.82, 2.24) is 0 Å². The summed E-state index contributed by atoms with van der Waals surface area (Å²) in [5.41, 5.74) is 0.676. The molecule has 0 spiro atoms. The molecule has 0 aromatic heterocycles. The number of thioether (sulfide) groups is 1. The molecule has 0 unspecified atom stereocenters. The summed E-state index contributed by atoms with van der Waals surface area (Å²) >= 11 is 1.78. The summed E-state index contributed by atoms with van der Waals surface area (Å²) in [5, 5.41) is 2.15. The Balaban J connectivity index is 1.61. The van der Waals surface area contributed by atoms with Gasteiger partial charge in [-0.25, -0.2) is 0 Å². The van der Waals surface area contributed by atoms with E-state index in [4.69, 9.17) is 4.74 Å². The van der Waals surface area contributed by atoms with Gasteiger partial charge in [0.2, 0.25) is 0 Å². The Kier molecular flexibility index (Phi) is 7.65. The Morgan fingerprint density at radius 2 is 1.71 bits per heavy atom. The smallest absolute Gasteiger partial charge is 0.312 e. The second kappa shape index (κ2) is 10.1. The van der Waals surface area contributed by atoms with Crippen molar-refractivity contribution in [3.63, 3.8) is 0 Å². The number of allylic oxidation sites excluding steroid dienone is 3. The Hall–Kier alpha value is -1.36. The van der Waals surface area contributed by atoms with Gasteiger partial charge in [-0.1, -0.05) is 67.4 Å². The Morgan fingerprint density at radius 1 is 1.02 bits per heavy atom. The molecule has 0 saturated heterocycles. The first-order valence-electron chi connectivity index (χ1n) is 16.2. The average molecular weight is 583 g/mol. The number of hydrogen-bond donors (Lipinski definition) is 0. The van der Waals surface area contributed by atoms with Crippen LogP contribution in [0.15, 0.2) is 22.6 Å². The van der Waals surface area contributed by atoms with E-state index in [1.54, 1.807) is 11.8 Å². The fourth-order valence-corrected chi connectivity index (χ4v) is 11.9. The summed E-state index contributed by atoms with van der Waals surface area (Å²) < 4.78 is 5.47. The first kappa shape index (κ1) is 31.1. The van der Waals surface area contributed by atoms with Gasteiger partial charge in [0.05, 0.1) is 12.5 Å². The van der Waals surface area contributed by atoms with Crippen molar-refractivity contribution in [1.29, 1.82) is 0 Å². The molecule has 0 aromatic rings. The van der Waals surface area contributed by atoms with E-state index in [1.165, 1.54) is 12.7 Å². The van der Waals surface area contributed by atoms with Crippen LogP contribution in [0.3, 0.4) is 0 Å². The second-order valence-electron chi connectivity index (χ2n) is 16.4. The lowest BCUT2D eigenvalue weighted by Crippen LogP contribution is -2.66. The molecule has 0 bridgehead atoms. The highest BCUT2D eigenvalue weighted by atomic mass is 32.2. The quantitative estimate of drug-likeness (QED) is 0.184. The van der Waals surface area contributed by atoms with E-state index >= 15 is 0 Å². The second-order valence-corrected chi connectivity index (χ2v) is 17.4. The lowest BCUT2D eigenvalue weighted by Gasteiger charge is -2.69. The fraction of sp³-hybridized carbons (Fsp3) is 0.806. The van der Waals surface area contributed by atoms with Crippen LogP contribution in [0.2, 0.25) is 0 Å². The fourth-order valence-electron chi connectivity index (χ4n) is 10.9. The summed E-state index contributed by atoms with van der Waals surface area (Å²) in [6.07, 6.45) is 11.4. The number of Topliss-reactive ketones (excluding diaryl/α,β-unsaturated/α-hetero) is 1. The van der Waals surface area contributed by atoms with E-state index in [1.807, 2.05) is 6.08 Å². The zero-order valence-corrected chi connectivity index (χ0v) is 28.0. The lowest BCUT2D eigenvalue weighted by atomic mass is 9.33. The van der Waals surface area contributed by atoms with Crippen LogP contribution in [0.5, 0.6) is 0 Å². The highest BCUT2D eigenvalue weighted by molar-refractivity contribution is 8.02. The van der Waals surface area contributed by atoms with Crippen molar-refractivity contribution < 1.29 is 19.1 Å². The summed E-state index contributed by atoms with van der Waals surface area (Å²) in [7, 11) is 1.52. The molecule has 228 valence electrons. The minimum atomic E-state index is -0.558. The van der Waals surface area contributed by atoms with Crippen molar-refractivity contribution in [2.45, 2.75) is 120 Å². The van der Waals surface area contributed by atoms with Crippen LogP contribution in [-0.4, -0.2) is 30.4 Å². The molecule has 4 saturated carbocycles. The van der Waals surface area contributed by atoms with Crippen molar-refractivity contribution in [2.24, 2.45) is 50.2 Å². The molecule has 4 fully saturated rings. The summed E-state index contributed by atoms with van der Waals surface area (Å²) in [5.74, 6) is 1.47. The number of carbonyl (C=O) groups is 3. The van der Waals surface area contributed by atoms with E-state index in [0.29, 0.717) is 5.78 Å². The van der Waals surface area contributed by atoms with Crippen LogP contribution < -0.4 is 0 Å². The molecule has 0 amide bonds. The average Bonchev–Trinajstić information content (AvgIpc) is 2.90. The van der Waals surface area contributed by atoms with Gasteiger partial charge < -0.3 is 4.74 Å². The zero-order chi connectivity index (χ0) is 30.2. The van der Waals surface area contributed by atoms with E-state index in [9.17, 15) is 14.4 Å². The molecule has 0 aromatic carbocycles. The number of unbranched alkanes of at least 4 members (excludes halogenated alkanes) is 1. The molecular weight excluding hydrogens is 528 g/mol. The van der Waals surface area contributed by atoms with Gasteiger partial charge in [0, 0.05) is 16.9 Å². The Labute approximate surface area is 253 Å². The molecule has 0 heterocycles. The molecule has 5 aliphatic carbocycles. The van der Waals surface area contributed by atoms with Crippen molar-refractivity contribution in [3.05, 3.63) is 22.6 Å². The maximum absolute atomic E-state index is 14.6. The molecule has 5 rings (SSSR count). The SMILES string of the molecule is CCCCSC=C1C[C@]2(C)C3=CC(=O)[C@@H]4[C@@H]5CC(C)(C)CC[C@]5(C(=O)OC)CC[C@@]4(C)[C@]3(C)CC[C@H]2C(C)(C)C1=O. The number of ketones is 2. The molecule has 0 radical (unpaired) electrons. The number of carbonyl (C=O) groups excluding carboxylic acids is 3. The van der Waals surface area contributed by atoms with Gasteiger partial charge in [-0.05, 0) is 109 Å². The number of rotatable bonds is 5. The number of esters is 1. The van der Waals surface area contributed by atoms with Crippen LogP contribution in [0.25, 0.3) is 0 Å². The van der Waals surface area contributed by atoms with E-state index in [2.05, 4.69) is 60.8 Å². The van der Waals surface area contributed by atoms with E-state index < -0.39 is 10.8 Å². The predicted molar refractivity (Wildman–Crippen MR) is 167 cm³/mol. The molecule has 7 atom stereocenters. The maximum Gasteiger partial charge on any atom is 0.312 e. The van der Waals surface area contributed by atoms with Gasteiger partial charge >= 0.3 is 5.97 Å². The highest BCUT2D eigenvalue weighted by Crippen LogP contribution is 2.75. The molecule has 41 heavy (non-hydrogen) atoms. The topological polar surface area (TPSA) is 60.4 Å². The van der Waals surface area contributed by atoms with Gasteiger partial charge in [0.25, 0.3) is 0 Å². The minimum absolute atomic E-state index is 0.0000911. The third kappa shape index (κ3) is 4.32. The summed E-state index contributed by atoms with van der Waals surface area (Å²) in [6, 6.07) is 0. The lowest BCUT2D eigenvalue weighted by molar-refractivity contribution is -0.192. The van der Waals surface area contributed by atoms with Crippen molar-refractivity contribution in [3.8, 4) is 0 Å². The van der Waals surface area contributed by atoms with Crippen LogP contribution in [0.1, 0.15) is 120 Å². The third-order valence-electron chi connectivity index (χ3n) is 13.4. The first-order chi connectivity index (χ1) is 19.0. The van der Waals surface area contributed by atoms with Gasteiger partial charge in [-0.2, -0.15) is 0 Å². The molecule has 0 N–H and O–H groups in total. The number of hydrogen-bond acceptors (Lipinski definition) is 5. The number of fused-ring (bicyclic) bond motifs is 7. The molecule has 0 aliphatic heterocycles. The number of methoxy groups -OCH3 is 1. The van der Waals surface area contributed by atoms with Crippen LogP contribution in [0.4, 0.5) is 0 Å². The summed E-state index contributed by atoms with van der Waals surface area (Å²) in [4.78, 5) is 41.9. The van der Waals surface area contributed by atoms with Crippen molar-refractivity contribution >= 4 is 29.3 Å². The molecule has 5 heteroatoms. The zero-order valence-electron chi connectivity index (χ0n) is 27.2. The van der Waals surface area contributed by atoms with Crippen LogP contribution in [-0.2, 0) is 19.1 Å². The van der Waals surface area contributed by atoms with E-state index in [-0.39, 0.29) is 51.2 Å². The van der Waals surface area contributed by atoms with Gasteiger partial charge in [-0.15, -0.1) is 11.8 Å². The Bertz CT molecular complexity index is 1190. The van der Waals surface area contributed by atoms with Crippen LogP contribution in [0, 0.1) is 50.2 Å². The predicted octanol–water partition coefficient (Wildman–Crippen LogP) is 8.74.